The second kappa shape index (κ2) is 9.55. The molecule has 0 atom stereocenters. The Morgan fingerprint density at radius 2 is 1.94 bits per heavy atom. The molecule has 3 aromatic carbocycles. The van der Waals surface area contributed by atoms with E-state index in [2.05, 4.69) is 36.4 Å². The second-order valence-corrected chi connectivity index (χ2v) is 8.66. The molecule has 0 unspecified atom stereocenters. The zero-order valence-electron chi connectivity index (χ0n) is 18.6. The van der Waals surface area contributed by atoms with Gasteiger partial charge < -0.3 is 9.26 Å². The van der Waals surface area contributed by atoms with Crippen LogP contribution in [0.15, 0.2) is 81.9 Å². The lowest BCUT2D eigenvalue weighted by atomic mass is 10.0. The molecule has 2 heterocycles. The van der Waals surface area contributed by atoms with Crippen molar-refractivity contribution < 1.29 is 19.0 Å². The molecule has 10 nitrogen and oxygen atoms in total. The van der Waals surface area contributed by atoms with Gasteiger partial charge in [-0.15, -0.1) is 0 Å². The van der Waals surface area contributed by atoms with E-state index in [1.165, 1.54) is 24.4 Å². The highest BCUT2D eigenvalue weighted by molar-refractivity contribution is 9.10. The van der Waals surface area contributed by atoms with Crippen LogP contribution in [0.5, 0.6) is 5.75 Å². The number of amides is 1. The highest BCUT2D eigenvalue weighted by Crippen LogP contribution is 2.33. The summed E-state index contributed by atoms with van der Waals surface area (Å²) in [7, 11) is 0. The minimum atomic E-state index is -0.824. The van der Waals surface area contributed by atoms with Crippen molar-refractivity contribution in [2.24, 2.45) is 0 Å². The molecule has 5 aromatic rings. The number of rotatable bonds is 5. The molecule has 0 saturated carbocycles. The fourth-order valence-corrected chi connectivity index (χ4v) is 4.00. The van der Waals surface area contributed by atoms with E-state index in [1.807, 2.05) is 42.5 Å². The number of aromatic nitrogens is 3. The Balaban J connectivity index is 1.38. The first-order chi connectivity index (χ1) is 17.4. The van der Waals surface area contributed by atoms with Crippen LogP contribution >= 0.6 is 15.9 Å². The number of aryl methyl sites for hydroxylation is 1. The lowest BCUT2D eigenvalue weighted by molar-refractivity contribution is -0.384. The van der Waals surface area contributed by atoms with Gasteiger partial charge in [-0.2, -0.15) is 0 Å². The number of benzene rings is 3. The van der Waals surface area contributed by atoms with E-state index < -0.39 is 11.0 Å². The van der Waals surface area contributed by atoms with Crippen LogP contribution in [0.2, 0.25) is 0 Å². The molecule has 0 aliphatic rings. The van der Waals surface area contributed by atoms with Crippen LogP contribution in [0.1, 0.15) is 5.56 Å². The lowest BCUT2D eigenvalue weighted by Gasteiger charge is -2.09. The standard InChI is InChI=1S/C25H16BrN5O5/c1-14-11-18(31(33)34)6-8-22(14)35-25(32)29-24-27-10-9-20(28-24)15-5-7-21-19(13-15)23(36-30-21)16-3-2-4-17(26)12-16/h2-13H,1H3,(H,27,28,29,32). The summed E-state index contributed by atoms with van der Waals surface area (Å²) in [5.41, 5.74) is 3.25. The number of nitrogens with zero attached hydrogens (tertiary/aromatic N) is 4. The van der Waals surface area contributed by atoms with Crippen molar-refractivity contribution in [3.05, 3.63) is 93.1 Å². The summed E-state index contributed by atoms with van der Waals surface area (Å²) in [6.45, 7) is 1.61. The van der Waals surface area contributed by atoms with Gasteiger partial charge in [0.25, 0.3) is 5.69 Å². The van der Waals surface area contributed by atoms with Gasteiger partial charge in [0, 0.05) is 33.9 Å². The highest BCUT2D eigenvalue weighted by atomic mass is 79.9. The van der Waals surface area contributed by atoms with Crippen LogP contribution in [-0.4, -0.2) is 26.1 Å². The molecule has 0 radical (unpaired) electrons. The number of nitro groups is 1. The normalized spacial score (nSPS) is 10.8. The van der Waals surface area contributed by atoms with Crippen molar-refractivity contribution >= 4 is 44.6 Å². The Labute approximate surface area is 212 Å². The SMILES string of the molecule is Cc1cc([N+](=O)[O-])ccc1OC(=O)Nc1nccc(-c2ccc3noc(-c4cccc(Br)c4)c3c2)n1. The third kappa shape index (κ3) is 4.77. The molecular formula is C25H16BrN5O5. The fourth-order valence-electron chi connectivity index (χ4n) is 3.60. The predicted octanol–water partition coefficient (Wildman–Crippen LogP) is 6.54. The molecule has 0 aliphatic heterocycles. The summed E-state index contributed by atoms with van der Waals surface area (Å²) in [4.78, 5) is 31.3. The van der Waals surface area contributed by atoms with Gasteiger partial charge in [-0.05, 0) is 48.9 Å². The van der Waals surface area contributed by atoms with Crippen LogP contribution in [0.3, 0.4) is 0 Å². The van der Waals surface area contributed by atoms with Crippen LogP contribution in [-0.2, 0) is 0 Å². The Morgan fingerprint density at radius 3 is 2.72 bits per heavy atom. The minimum Gasteiger partial charge on any atom is -0.410 e. The van der Waals surface area contributed by atoms with Gasteiger partial charge in [-0.1, -0.05) is 39.3 Å². The number of hydrogen-bond acceptors (Lipinski definition) is 8. The smallest absolute Gasteiger partial charge is 0.410 e. The first-order valence-electron chi connectivity index (χ1n) is 10.6. The Kier molecular flexibility index (Phi) is 6.13. The average Bonchev–Trinajstić information content (AvgIpc) is 3.28. The number of hydrogen-bond donors (Lipinski definition) is 1. The maximum absolute atomic E-state index is 12.4. The van der Waals surface area contributed by atoms with Gasteiger partial charge >= 0.3 is 6.09 Å². The van der Waals surface area contributed by atoms with E-state index in [9.17, 15) is 14.9 Å². The average molecular weight is 546 g/mol. The minimum absolute atomic E-state index is 0.0368. The number of carbonyl (C=O) groups is 1. The summed E-state index contributed by atoms with van der Waals surface area (Å²) in [5, 5.41) is 18.3. The van der Waals surface area contributed by atoms with Crippen LogP contribution in [0.25, 0.3) is 33.5 Å². The van der Waals surface area contributed by atoms with Crippen LogP contribution in [0.4, 0.5) is 16.4 Å². The largest absolute Gasteiger partial charge is 0.419 e. The summed E-state index contributed by atoms with van der Waals surface area (Å²) in [6, 6.07) is 19.0. The molecule has 36 heavy (non-hydrogen) atoms. The third-order valence-electron chi connectivity index (χ3n) is 5.30. The number of nitro benzene ring substituents is 1. The molecule has 5 rings (SSSR count). The number of non-ortho nitro benzene ring substituents is 1. The number of anilines is 1. The predicted molar refractivity (Wildman–Crippen MR) is 136 cm³/mol. The van der Waals surface area contributed by atoms with E-state index >= 15 is 0 Å². The molecule has 0 fully saturated rings. The summed E-state index contributed by atoms with van der Waals surface area (Å²) < 4.78 is 11.8. The Morgan fingerprint density at radius 1 is 1.08 bits per heavy atom. The van der Waals surface area contributed by atoms with E-state index in [0.29, 0.717) is 22.5 Å². The van der Waals surface area contributed by atoms with Crippen LogP contribution in [0, 0.1) is 17.0 Å². The fraction of sp³-hybridized carbons (Fsp3) is 0.0400. The van der Waals surface area contributed by atoms with Crippen LogP contribution < -0.4 is 10.1 Å². The van der Waals surface area contributed by atoms with Gasteiger partial charge in [-0.25, -0.2) is 14.8 Å². The molecule has 1 N–H and O–H groups in total. The van der Waals surface area contributed by atoms with Gasteiger partial charge in [0.15, 0.2) is 5.76 Å². The zero-order chi connectivity index (χ0) is 25.2. The van der Waals surface area contributed by atoms with E-state index in [4.69, 9.17) is 9.26 Å². The topological polar surface area (TPSA) is 133 Å². The molecule has 0 spiro atoms. The maximum atomic E-state index is 12.4. The number of carbonyl (C=O) groups excluding carboxylic acids is 1. The van der Waals surface area contributed by atoms with Crippen molar-refractivity contribution in [2.75, 3.05) is 5.32 Å². The van der Waals surface area contributed by atoms with E-state index in [0.717, 1.165) is 21.0 Å². The molecule has 0 saturated heterocycles. The molecule has 1 amide bonds. The van der Waals surface area contributed by atoms with Crippen molar-refractivity contribution in [2.45, 2.75) is 6.92 Å². The monoisotopic (exact) mass is 545 g/mol. The molecule has 2 aromatic heterocycles. The number of halogens is 1. The lowest BCUT2D eigenvalue weighted by Crippen LogP contribution is -2.19. The quantitative estimate of drug-likeness (QED) is 0.194. The Bertz CT molecular complexity index is 1630. The molecule has 11 heteroatoms. The number of ether oxygens (including phenoxy) is 1. The molecule has 0 aliphatic carbocycles. The second-order valence-electron chi connectivity index (χ2n) is 7.74. The third-order valence-corrected chi connectivity index (χ3v) is 5.79. The van der Waals surface area contributed by atoms with Gasteiger partial charge in [0.2, 0.25) is 5.95 Å². The van der Waals surface area contributed by atoms with E-state index in [-0.39, 0.29) is 17.4 Å². The maximum Gasteiger partial charge on any atom is 0.419 e. The first kappa shape index (κ1) is 23.1. The molecular weight excluding hydrogens is 530 g/mol. The van der Waals surface area contributed by atoms with Gasteiger partial charge in [-0.3, -0.25) is 15.4 Å². The number of nitrogens with one attached hydrogen (secondary N) is 1. The first-order valence-corrected chi connectivity index (χ1v) is 11.4. The highest BCUT2D eigenvalue weighted by Gasteiger charge is 2.15. The van der Waals surface area contributed by atoms with Crippen molar-refractivity contribution in [1.29, 1.82) is 0 Å². The molecule has 0 bridgehead atoms. The summed E-state index contributed by atoms with van der Waals surface area (Å²) in [6.07, 6.45) is 0.692. The van der Waals surface area contributed by atoms with Crippen molar-refractivity contribution in [1.82, 2.24) is 15.1 Å². The Hall–Kier alpha value is -4.64. The van der Waals surface area contributed by atoms with Crippen molar-refractivity contribution in [3.8, 4) is 28.3 Å². The summed E-state index contributed by atoms with van der Waals surface area (Å²) in [5.74, 6) is 0.851. The van der Waals surface area contributed by atoms with Gasteiger partial charge in [0.1, 0.15) is 11.3 Å². The summed E-state index contributed by atoms with van der Waals surface area (Å²) >= 11 is 3.47. The molecule has 178 valence electrons. The number of fused-ring (bicyclic) bond motifs is 1. The zero-order valence-corrected chi connectivity index (χ0v) is 20.2. The van der Waals surface area contributed by atoms with Gasteiger partial charge in [0.05, 0.1) is 16.0 Å². The van der Waals surface area contributed by atoms with Crippen molar-refractivity contribution in [3.63, 3.8) is 0 Å². The van der Waals surface area contributed by atoms with E-state index in [1.54, 1.807) is 13.0 Å².